The molecule has 8 heavy (non-hydrogen) atoms. The Morgan fingerprint density at radius 3 is 1.88 bits per heavy atom. The predicted octanol–water partition coefficient (Wildman–Crippen LogP) is 1.97. The van der Waals surface area contributed by atoms with Crippen LogP contribution >= 0.6 is 32.3 Å². The second kappa shape index (κ2) is 5.98. The van der Waals surface area contributed by atoms with Gasteiger partial charge in [0.05, 0.1) is 0 Å². The molecule has 0 amide bonds. The lowest BCUT2D eigenvalue weighted by Gasteiger charge is -1.94. The molecule has 0 aliphatic heterocycles. The molecule has 0 bridgehead atoms. The monoisotopic (exact) mass is 174 g/mol. The van der Waals surface area contributed by atoms with Gasteiger partial charge in [-0.2, -0.15) is 0 Å². The number of hydrogen-bond donors (Lipinski definition) is 0. The Labute approximate surface area is 57.9 Å². The lowest BCUT2D eigenvalue weighted by Crippen LogP contribution is -1.63. The highest BCUT2D eigenvalue weighted by Crippen LogP contribution is 2.32. The molecule has 0 N–H and O–H groups in total. The SMILES string of the molecule is CSO[PH](=O)OSC. The molecule has 0 saturated heterocycles. The van der Waals surface area contributed by atoms with Crippen molar-refractivity contribution in [1.29, 1.82) is 0 Å². The summed E-state index contributed by atoms with van der Waals surface area (Å²) < 4.78 is 19.3. The van der Waals surface area contributed by atoms with Gasteiger partial charge in [-0.25, -0.2) is 7.94 Å². The molecule has 0 saturated carbocycles. The molecule has 0 heterocycles. The maximum Gasteiger partial charge on any atom is 0.341 e. The van der Waals surface area contributed by atoms with E-state index in [-0.39, 0.29) is 0 Å². The van der Waals surface area contributed by atoms with Crippen molar-refractivity contribution in [3.05, 3.63) is 0 Å². The Balaban J connectivity index is 3.06. The summed E-state index contributed by atoms with van der Waals surface area (Å²) in [6, 6.07) is 0. The molecule has 6 heteroatoms. The predicted molar refractivity (Wildman–Crippen MR) is 38.2 cm³/mol. The first-order chi connectivity index (χ1) is 3.81. The molecule has 0 spiro atoms. The van der Waals surface area contributed by atoms with Crippen molar-refractivity contribution in [1.82, 2.24) is 0 Å². The van der Waals surface area contributed by atoms with E-state index in [9.17, 15) is 4.57 Å². The minimum Gasteiger partial charge on any atom is -0.261 e. The van der Waals surface area contributed by atoms with Crippen LogP contribution in [-0.4, -0.2) is 12.5 Å². The van der Waals surface area contributed by atoms with Crippen LogP contribution in [0.3, 0.4) is 0 Å². The van der Waals surface area contributed by atoms with Gasteiger partial charge in [0.25, 0.3) is 0 Å². The molecule has 0 aromatic heterocycles. The molecule has 0 radical (unpaired) electrons. The van der Waals surface area contributed by atoms with Crippen molar-refractivity contribution < 1.29 is 12.5 Å². The molecule has 0 rings (SSSR count). The van der Waals surface area contributed by atoms with Crippen molar-refractivity contribution in [2.75, 3.05) is 12.5 Å². The lowest BCUT2D eigenvalue weighted by molar-refractivity contribution is 0.464. The van der Waals surface area contributed by atoms with Gasteiger partial charge < -0.3 is 0 Å². The molecule has 0 unspecified atom stereocenters. The zero-order chi connectivity index (χ0) is 6.41. The molecule has 0 aromatic carbocycles. The zero-order valence-electron chi connectivity index (χ0n) is 4.54. The minimum atomic E-state index is -2.22. The first-order valence-corrected chi connectivity index (χ1v) is 5.29. The lowest BCUT2D eigenvalue weighted by atomic mass is 12.0. The van der Waals surface area contributed by atoms with Crippen LogP contribution in [0.1, 0.15) is 0 Å². The molecule has 0 aliphatic rings. The molecule has 0 atom stereocenters. The average molecular weight is 174 g/mol. The summed E-state index contributed by atoms with van der Waals surface area (Å²) in [5, 5.41) is 0. The fourth-order valence-electron chi connectivity index (χ4n) is 0.150. The maximum atomic E-state index is 10.3. The van der Waals surface area contributed by atoms with E-state index in [0.717, 1.165) is 24.1 Å². The van der Waals surface area contributed by atoms with Crippen LogP contribution in [0.15, 0.2) is 0 Å². The first-order valence-electron chi connectivity index (χ1n) is 1.76. The molecule has 0 aromatic rings. The van der Waals surface area contributed by atoms with Gasteiger partial charge in [-0.15, -0.1) is 0 Å². The average Bonchev–Trinajstić information content (AvgIpc) is 1.68. The second-order valence-electron chi connectivity index (χ2n) is 0.750. The first kappa shape index (κ1) is 8.85. The molecule has 50 valence electrons. The van der Waals surface area contributed by atoms with Crippen molar-refractivity contribution >= 4 is 32.3 Å². The number of rotatable bonds is 4. The summed E-state index contributed by atoms with van der Waals surface area (Å²) in [6.07, 6.45) is 3.37. The summed E-state index contributed by atoms with van der Waals surface area (Å²) in [6.45, 7) is 0. The third-order valence-corrected chi connectivity index (χ3v) is 2.72. The van der Waals surface area contributed by atoms with E-state index in [2.05, 4.69) is 7.94 Å². The van der Waals surface area contributed by atoms with Gasteiger partial charge in [-0.1, -0.05) is 0 Å². The van der Waals surface area contributed by atoms with E-state index in [1.807, 2.05) is 0 Å². The Hall–Kier alpha value is 0.850. The van der Waals surface area contributed by atoms with Gasteiger partial charge in [-0.3, -0.25) is 4.57 Å². The van der Waals surface area contributed by atoms with Crippen LogP contribution < -0.4 is 0 Å². The summed E-state index contributed by atoms with van der Waals surface area (Å²) in [5.74, 6) is 0. The van der Waals surface area contributed by atoms with Crippen molar-refractivity contribution in [2.45, 2.75) is 0 Å². The highest BCUT2D eigenvalue weighted by atomic mass is 32.2. The molecule has 0 aliphatic carbocycles. The fraction of sp³-hybridized carbons (Fsp3) is 1.00. The topological polar surface area (TPSA) is 35.5 Å². The van der Waals surface area contributed by atoms with Crippen LogP contribution in [-0.2, 0) is 12.5 Å². The summed E-state index contributed by atoms with van der Waals surface area (Å²) in [7, 11) is -2.22. The van der Waals surface area contributed by atoms with Gasteiger partial charge in [0.1, 0.15) is 0 Å². The normalized spacial score (nSPS) is 10.4. The highest BCUT2D eigenvalue weighted by molar-refractivity contribution is 7.99. The summed E-state index contributed by atoms with van der Waals surface area (Å²) >= 11 is 2.09. The Morgan fingerprint density at radius 2 is 1.62 bits per heavy atom. The third kappa shape index (κ3) is 5.00. The van der Waals surface area contributed by atoms with Crippen molar-refractivity contribution in [3.63, 3.8) is 0 Å². The second-order valence-corrected chi connectivity index (χ2v) is 3.25. The van der Waals surface area contributed by atoms with E-state index in [0.29, 0.717) is 0 Å². The van der Waals surface area contributed by atoms with Crippen LogP contribution in [0.5, 0.6) is 0 Å². The van der Waals surface area contributed by atoms with Gasteiger partial charge in [-0.05, 0) is 24.1 Å². The number of hydrogen-bond acceptors (Lipinski definition) is 5. The quantitative estimate of drug-likeness (QED) is 0.481. The van der Waals surface area contributed by atoms with Crippen LogP contribution in [0, 0.1) is 0 Å². The van der Waals surface area contributed by atoms with Gasteiger partial charge in [0, 0.05) is 12.5 Å². The van der Waals surface area contributed by atoms with Gasteiger partial charge >= 0.3 is 8.25 Å². The Bertz CT molecular complexity index is 69.7. The molecule has 0 fully saturated rings. The molecular formula is C2H7O3PS2. The maximum absolute atomic E-state index is 10.3. The third-order valence-electron chi connectivity index (χ3n) is 0.303. The van der Waals surface area contributed by atoms with E-state index < -0.39 is 8.25 Å². The summed E-state index contributed by atoms with van der Waals surface area (Å²) in [4.78, 5) is 0. The molecule has 3 nitrogen and oxygen atoms in total. The Kier molecular flexibility index (Phi) is 6.61. The van der Waals surface area contributed by atoms with E-state index in [1.165, 1.54) is 0 Å². The Morgan fingerprint density at radius 1 is 1.25 bits per heavy atom. The smallest absolute Gasteiger partial charge is 0.261 e. The zero-order valence-corrected chi connectivity index (χ0v) is 7.17. The van der Waals surface area contributed by atoms with Crippen LogP contribution in [0.4, 0.5) is 0 Å². The van der Waals surface area contributed by atoms with E-state index >= 15 is 0 Å². The van der Waals surface area contributed by atoms with Crippen LogP contribution in [0.25, 0.3) is 0 Å². The molecular weight excluding hydrogens is 167 g/mol. The van der Waals surface area contributed by atoms with Crippen molar-refractivity contribution in [2.24, 2.45) is 0 Å². The highest BCUT2D eigenvalue weighted by Gasteiger charge is 1.94. The van der Waals surface area contributed by atoms with E-state index in [4.69, 9.17) is 0 Å². The largest absolute Gasteiger partial charge is 0.341 e. The van der Waals surface area contributed by atoms with Gasteiger partial charge in [0.15, 0.2) is 0 Å². The summed E-state index contributed by atoms with van der Waals surface area (Å²) in [5.41, 5.74) is 0. The fourth-order valence-corrected chi connectivity index (χ4v) is 1.60. The van der Waals surface area contributed by atoms with E-state index in [1.54, 1.807) is 12.5 Å². The van der Waals surface area contributed by atoms with Gasteiger partial charge in [0.2, 0.25) is 0 Å². The minimum absolute atomic E-state index is 1.04. The van der Waals surface area contributed by atoms with Crippen LogP contribution in [0.2, 0.25) is 0 Å². The van der Waals surface area contributed by atoms with Crippen molar-refractivity contribution in [3.8, 4) is 0 Å². The standard InChI is InChI=1S/C2H7O3PS2/c1-7-4-6(3)5-8-2/h6H,1-2H3.